The number of rotatable bonds is 16. The number of hydrogen-bond acceptors (Lipinski definition) is 9. The van der Waals surface area contributed by atoms with Crippen molar-refractivity contribution >= 4 is 17.3 Å². The van der Waals surface area contributed by atoms with Gasteiger partial charge in [0.15, 0.2) is 28.7 Å². The molecule has 3 rings (SSSR count). The minimum Gasteiger partial charge on any atom is -0.505 e. The monoisotopic (exact) mass is 617 g/mol. The molecule has 0 aliphatic heterocycles. The van der Waals surface area contributed by atoms with Crippen molar-refractivity contribution in [2.75, 3.05) is 46.4 Å². The van der Waals surface area contributed by atoms with Gasteiger partial charge < -0.3 is 34.1 Å². The van der Waals surface area contributed by atoms with Crippen LogP contribution >= 0.6 is 0 Å². The van der Waals surface area contributed by atoms with Gasteiger partial charge in [-0.05, 0) is 78.2 Å². The third-order valence-electron chi connectivity index (χ3n) is 8.03. The van der Waals surface area contributed by atoms with Crippen molar-refractivity contribution < 1.29 is 34.0 Å². The predicted octanol–water partition coefficient (Wildman–Crippen LogP) is 7.01. The van der Waals surface area contributed by atoms with Crippen LogP contribution in [-0.2, 0) is 11.8 Å². The van der Waals surface area contributed by atoms with Crippen LogP contribution in [0.2, 0.25) is 0 Å². The van der Waals surface area contributed by atoms with Gasteiger partial charge in [-0.25, -0.2) is 4.79 Å². The summed E-state index contributed by atoms with van der Waals surface area (Å²) in [5.74, 6) is 0.292. The van der Waals surface area contributed by atoms with Crippen molar-refractivity contribution in [1.82, 2.24) is 0 Å². The lowest BCUT2D eigenvalue weighted by Gasteiger charge is -2.34. The molecule has 3 aromatic rings. The van der Waals surface area contributed by atoms with Gasteiger partial charge in [0.1, 0.15) is 5.56 Å². The molecule has 0 spiro atoms. The lowest BCUT2D eigenvalue weighted by molar-refractivity contribution is 0.0694. The average Bonchev–Trinajstić information content (AvgIpc) is 3.04. The van der Waals surface area contributed by atoms with Gasteiger partial charge in [0.2, 0.25) is 0 Å². The minimum atomic E-state index is -1.32. The van der Waals surface area contributed by atoms with E-state index >= 15 is 0 Å². The Morgan fingerprint density at radius 3 is 2.16 bits per heavy atom. The maximum atomic E-state index is 11.9. The SMILES string of the molecule is COc1ccc(CCN(CCCC(C#N)(c2ccc(OC)c(OC)c2)C(C)C)c2c(N=[N+]=[N-])ccc(C(=O)O)c2O)cc1OC. The van der Waals surface area contributed by atoms with Crippen molar-refractivity contribution in [1.29, 1.82) is 5.26 Å². The number of nitriles is 1. The summed E-state index contributed by atoms with van der Waals surface area (Å²) in [5, 5.41) is 35.2. The van der Waals surface area contributed by atoms with Crippen LogP contribution in [0.1, 0.15) is 48.2 Å². The molecule has 0 saturated carbocycles. The molecule has 3 aromatic carbocycles. The smallest absolute Gasteiger partial charge is 0.339 e. The van der Waals surface area contributed by atoms with Gasteiger partial charge in [-0.1, -0.05) is 31.1 Å². The number of phenols is 1. The topological polar surface area (TPSA) is 170 Å². The molecule has 12 heteroatoms. The fourth-order valence-electron chi connectivity index (χ4n) is 5.50. The van der Waals surface area contributed by atoms with E-state index in [9.17, 15) is 25.8 Å². The van der Waals surface area contributed by atoms with Crippen molar-refractivity contribution in [2.24, 2.45) is 11.0 Å². The molecule has 1 unspecified atom stereocenters. The lowest BCUT2D eigenvalue weighted by atomic mass is 9.69. The highest BCUT2D eigenvalue weighted by Gasteiger charge is 2.36. The molecule has 0 fully saturated rings. The number of azide groups is 1. The number of anilines is 1. The van der Waals surface area contributed by atoms with Crippen molar-refractivity contribution in [3.63, 3.8) is 0 Å². The maximum absolute atomic E-state index is 11.9. The first-order valence-corrected chi connectivity index (χ1v) is 14.3. The van der Waals surface area contributed by atoms with Gasteiger partial charge in [0.05, 0.1) is 51.3 Å². The average molecular weight is 618 g/mol. The van der Waals surface area contributed by atoms with Crippen LogP contribution in [0, 0.1) is 17.2 Å². The van der Waals surface area contributed by atoms with E-state index < -0.39 is 17.1 Å². The molecular formula is C33H39N5O7. The summed E-state index contributed by atoms with van der Waals surface area (Å²) >= 11 is 0. The first kappa shape index (κ1) is 34.2. The van der Waals surface area contributed by atoms with Gasteiger partial charge in [-0.15, -0.1) is 0 Å². The predicted molar refractivity (Wildman–Crippen MR) is 170 cm³/mol. The molecule has 0 aromatic heterocycles. The number of nitrogens with zero attached hydrogens (tertiary/aromatic N) is 5. The number of aromatic carboxylic acids is 1. The van der Waals surface area contributed by atoms with E-state index in [4.69, 9.17) is 18.9 Å². The largest absolute Gasteiger partial charge is 0.505 e. The molecule has 12 nitrogen and oxygen atoms in total. The Hall–Kier alpha value is -5.27. The van der Waals surface area contributed by atoms with Crippen LogP contribution in [0.5, 0.6) is 28.7 Å². The second-order valence-electron chi connectivity index (χ2n) is 10.7. The highest BCUT2D eigenvalue weighted by atomic mass is 16.5. The number of benzene rings is 3. The van der Waals surface area contributed by atoms with Gasteiger partial charge >= 0.3 is 5.97 Å². The van der Waals surface area contributed by atoms with E-state index in [1.54, 1.807) is 45.5 Å². The molecule has 0 saturated heterocycles. The Kier molecular flexibility index (Phi) is 11.8. The number of methoxy groups -OCH3 is 4. The summed E-state index contributed by atoms with van der Waals surface area (Å²) in [6.45, 7) is 4.59. The van der Waals surface area contributed by atoms with Crippen molar-refractivity contribution in [2.45, 2.75) is 38.5 Å². The standard InChI is InChI=1S/C33H39N5O7/c1-21(2)33(20-34,23-9-13-27(43-4)29(19-23)45-6)15-7-16-38(17-14-22-8-12-26(42-3)28(18-22)44-5)30-25(36-37-35)11-10-24(31(30)39)32(40)41/h8-13,18-19,21,39H,7,14-17H2,1-6H3,(H,40,41). The van der Waals surface area contributed by atoms with Crippen LogP contribution in [0.15, 0.2) is 53.6 Å². The molecule has 0 radical (unpaired) electrons. The fourth-order valence-corrected chi connectivity index (χ4v) is 5.50. The highest BCUT2D eigenvalue weighted by Crippen LogP contribution is 2.43. The van der Waals surface area contributed by atoms with Crippen molar-refractivity contribution in [3.8, 4) is 34.8 Å². The third kappa shape index (κ3) is 7.45. The number of ether oxygens (including phenoxy) is 4. The summed E-state index contributed by atoms with van der Waals surface area (Å²) in [6, 6.07) is 16.1. The van der Waals surface area contributed by atoms with Crippen LogP contribution in [-0.4, -0.2) is 57.7 Å². The van der Waals surface area contributed by atoms with Gasteiger partial charge in [-0.3, -0.25) is 0 Å². The number of carboxylic acid groups (broad SMARTS) is 1. The van der Waals surface area contributed by atoms with E-state index in [1.807, 2.05) is 38.1 Å². The lowest BCUT2D eigenvalue weighted by Crippen LogP contribution is -2.33. The number of carboxylic acids is 1. The normalized spacial score (nSPS) is 12.0. The summed E-state index contributed by atoms with van der Waals surface area (Å²) in [6.07, 6.45) is 1.37. The fraction of sp³-hybridized carbons (Fsp3) is 0.394. The number of hydrogen-bond donors (Lipinski definition) is 2. The summed E-state index contributed by atoms with van der Waals surface area (Å²) in [7, 11) is 6.19. The van der Waals surface area contributed by atoms with Gasteiger partial charge in [-0.2, -0.15) is 5.26 Å². The van der Waals surface area contributed by atoms with Crippen LogP contribution < -0.4 is 23.8 Å². The third-order valence-corrected chi connectivity index (χ3v) is 8.03. The van der Waals surface area contributed by atoms with E-state index in [0.717, 1.165) is 11.1 Å². The zero-order valence-corrected chi connectivity index (χ0v) is 26.4. The Labute approximate surface area is 263 Å². The Bertz CT molecular complexity index is 1600. The molecule has 2 N–H and O–H groups in total. The highest BCUT2D eigenvalue weighted by molar-refractivity contribution is 5.95. The zero-order chi connectivity index (χ0) is 33.1. The molecule has 1 atom stereocenters. The Morgan fingerprint density at radius 1 is 0.978 bits per heavy atom. The van der Waals surface area contributed by atoms with Crippen LogP contribution in [0.3, 0.4) is 0 Å². The quantitative estimate of drug-likeness (QED) is 0.0974. The Balaban J connectivity index is 2.03. The molecule has 238 valence electrons. The van der Waals surface area contributed by atoms with E-state index in [0.29, 0.717) is 55.4 Å². The summed E-state index contributed by atoms with van der Waals surface area (Å²) in [5.41, 5.74) is 9.90. The van der Waals surface area contributed by atoms with E-state index in [-0.39, 0.29) is 22.9 Å². The number of carbonyl (C=O) groups is 1. The molecule has 0 aliphatic rings. The molecule has 45 heavy (non-hydrogen) atoms. The van der Waals surface area contributed by atoms with Crippen molar-refractivity contribution in [3.05, 3.63) is 75.7 Å². The van der Waals surface area contributed by atoms with E-state index in [2.05, 4.69) is 16.1 Å². The first-order chi connectivity index (χ1) is 21.6. The van der Waals surface area contributed by atoms with Crippen LogP contribution in [0.4, 0.5) is 11.4 Å². The second-order valence-corrected chi connectivity index (χ2v) is 10.7. The zero-order valence-electron chi connectivity index (χ0n) is 26.4. The van der Waals surface area contributed by atoms with Gasteiger partial charge in [0.25, 0.3) is 0 Å². The molecular weight excluding hydrogens is 578 g/mol. The van der Waals surface area contributed by atoms with Crippen LogP contribution in [0.25, 0.3) is 10.4 Å². The first-order valence-electron chi connectivity index (χ1n) is 14.3. The van der Waals surface area contributed by atoms with E-state index in [1.165, 1.54) is 12.1 Å². The molecule has 0 bridgehead atoms. The summed E-state index contributed by atoms with van der Waals surface area (Å²) in [4.78, 5) is 16.6. The summed E-state index contributed by atoms with van der Waals surface area (Å²) < 4.78 is 21.7. The molecule has 0 heterocycles. The molecule has 0 amide bonds. The molecule has 0 aliphatic carbocycles. The van der Waals surface area contributed by atoms with Gasteiger partial charge in [0, 0.05) is 18.0 Å². The second kappa shape index (κ2) is 15.5. The number of aromatic hydroxyl groups is 1. The maximum Gasteiger partial charge on any atom is 0.339 e. The minimum absolute atomic E-state index is 0.0803. The Morgan fingerprint density at radius 2 is 1.60 bits per heavy atom.